The van der Waals surface area contributed by atoms with Crippen LogP contribution in [-0.4, -0.2) is 9.97 Å². The molecule has 1 heterocycles. The van der Waals surface area contributed by atoms with Gasteiger partial charge in [-0.2, -0.15) is 0 Å². The lowest BCUT2D eigenvalue weighted by atomic mass is 10.1. The van der Waals surface area contributed by atoms with E-state index in [0.29, 0.717) is 17.5 Å². The topological polar surface area (TPSA) is 35.0 Å². The van der Waals surface area contributed by atoms with Gasteiger partial charge in [-0.1, -0.05) is 25.5 Å². The predicted octanol–water partition coefficient (Wildman–Crippen LogP) is 3.96. The van der Waals surface area contributed by atoms with Crippen LogP contribution in [0.5, 0.6) is 11.6 Å². The Kier molecular flexibility index (Phi) is 4.53. The summed E-state index contributed by atoms with van der Waals surface area (Å²) in [5, 5.41) is 0. The molecule has 0 atom stereocenters. The van der Waals surface area contributed by atoms with Gasteiger partial charge in [0.2, 0.25) is 5.88 Å². The third kappa shape index (κ3) is 3.44. The summed E-state index contributed by atoms with van der Waals surface area (Å²) in [5.74, 6) is 1.56. The molecule has 0 aliphatic carbocycles. The molecule has 4 heteroatoms. The number of hydrogen-bond donors (Lipinski definition) is 0. The highest BCUT2D eigenvalue weighted by Gasteiger charge is 2.01. The quantitative estimate of drug-likeness (QED) is 0.765. The average Bonchev–Trinajstić information content (AvgIpc) is 2.42. The van der Waals surface area contributed by atoms with Crippen LogP contribution in [-0.2, 0) is 12.3 Å². The van der Waals surface area contributed by atoms with Gasteiger partial charge < -0.3 is 4.74 Å². The van der Waals surface area contributed by atoms with Gasteiger partial charge >= 0.3 is 0 Å². The van der Waals surface area contributed by atoms with Gasteiger partial charge in [0.05, 0.1) is 17.8 Å². The maximum atomic E-state index is 5.70. The van der Waals surface area contributed by atoms with Crippen LogP contribution in [0.15, 0.2) is 36.7 Å². The first-order valence-corrected chi connectivity index (χ1v) is 6.49. The number of benzene rings is 1. The first kappa shape index (κ1) is 12.8. The number of halogens is 1. The molecule has 0 spiro atoms. The van der Waals surface area contributed by atoms with Crippen molar-refractivity contribution in [1.82, 2.24) is 9.97 Å². The Morgan fingerprint density at radius 1 is 1.17 bits per heavy atom. The van der Waals surface area contributed by atoms with E-state index in [9.17, 15) is 0 Å². The highest BCUT2D eigenvalue weighted by molar-refractivity contribution is 6.16. The molecule has 18 heavy (non-hydrogen) atoms. The smallest absolute Gasteiger partial charge is 0.238 e. The van der Waals surface area contributed by atoms with Crippen LogP contribution in [0.25, 0.3) is 0 Å². The SMILES string of the molecule is CCCc1ccc(Oc2cncc(CCl)n2)cc1. The van der Waals surface area contributed by atoms with Crippen molar-refractivity contribution in [3.63, 3.8) is 0 Å². The second-order valence-electron chi connectivity index (χ2n) is 3.98. The van der Waals surface area contributed by atoms with Crippen LogP contribution in [0.1, 0.15) is 24.6 Å². The number of aromatic nitrogens is 2. The van der Waals surface area contributed by atoms with Gasteiger partial charge in [0.1, 0.15) is 5.75 Å². The first-order chi connectivity index (χ1) is 8.81. The number of alkyl halides is 1. The van der Waals surface area contributed by atoms with Crippen molar-refractivity contribution in [3.8, 4) is 11.6 Å². The highest BCUT2D eigenvalue weighted by atomic mass is 35.5. The molecule has 0 saturated carbocycles. The monoisotopic (exact) mass is 262 g/mol. The number of aryl methyl sites for hydroxylation is 1. The van der Waals surface area contributed by atoms with E-state index in [1.165, 1.54) is 5.56 Å². The van der Waals surface area contributed by atoms with E-state index in [2.05, 4.69) is 29.0 Å². The summed E-state index contributed by atoms with van der Waals surface area (Å²) >= 11 is 5.70. The van der Waals surface area contributed by atoms with Crippen LogP contribution in [0.2, 0.25) is 0 Å². The molecule has 0 fully saturated rings. The molecule has 0 aliphatic heterocycles. The zero-order valence-corrected chi connectivity index (χ0v) is 11.0. The average molecular weight is 263 g/mol. The summed E-state index contributed by atoms with van der Waals surface area (Å²) in [6.07, 6.45) is 5.44. The summed E-state index contributed by atoms with van der Waals surface area (Å²) in [6.45, 7) is 2.16. The lowest BCUT2D eigenvalue weighted by Crippen LogP contribution is -1.93. The molecule has 0 bridgehead atoms. The zero-order chi connectivity index (χ0) is 12.8. The third-order valence-corrected chi connectivity index (χ3v) is 2.76. The van der Waals surface area contributed by atoms with Gasteiger partial charge in [-0.15, -0.1) is 11.6 Å². The Morgan fingerprint density at radius 2 is 1.94 bits per heavy atom. The second-order valence-corrected chi connectivity index (χ2v) is 4.25. The molecule has 0 aliphatic rings. The Labute approximate surface area is 112 Å². The van der Waals surface area contributed by atoms with Crippen molar-refractivity contribution in [2.75, 3.05) is 0 Å². The molecular formula is C14H15ClN2O. The number of nitrogens with zero attached hydrogens (tertiary/aromatic N) is 2. The molecule has 2 rings (SSSR count). The Bertz CT molecular complexity index is 499. The predicted molar refractivity (Wildman–Crippen MR) is 72.1 cm³/mol. The second kappa shape index (κ2) is 6.36. The van der Waals surface area contributed by atoms with Crippen LogP contribution in [0.3, 0.4) is 0 Å². The zero-order valence-electron chi connectivity index (χ0n) is 10.3. The van der Waals surface area contributed by atoms with Crippen LogP contribution in [0, 0.1) is 0 Å². The number of rotatable bonds is 5. The minimum atomic E-state index is 0.333. The number of ether oxygens (including phenoxy) is 1. The fourth-order valence-corrected chi connectivity index (χ4v) is 1.76. The van der Waals surface area contributed by atoms with E-state index in [4.69, 9.17) is 16.3 Å². The standard InChI is InChI=1S/C14H15ClN2O/c1-2-3-11-4-6-13(7-5-11)18-14-10-16-9-12(8-15)17-14/h4-7,9-10H,2-3,8H2,1H3. The Balaban J connectivity index is 2.08. The van der Waals surface area contributed by atoms with E-state index < -0.39 is 0 Å². The Morgan fingerprint density at radius 3 is 2.61 bits per heavy atom. The lowest BCUT2D eigenvalue weighted by molar-refractivity contribution is 0.458. The van der Waals surface area contributed by atoms with Crippen molar-refractivity contribution in [2.45, 2.75) is 25.6 Å². The van der Waals surface area contributed by atoms with E-state index >= 15 is 0 Å². The van der Waals surface area contributed by atoms with E-state index in [1.54, 1.807) is 12.4 Å². The van der Waals surface area contributed by atoms with Crippen LogP contribution in [0.4, 0.5) is 0 Å². The normalized spacial score (nSPS) is 10.3. The Hall–Kier alpha value is -1.61. The van der Waals surface area contributed by atoms with Gasteiger partial charge in [-0.3, -0.25) is 4.98 Å². The van der Waals surface area contributed by atoms with Crippen LogP contribution >= 0.6 is 11.6 Å². The van der Waals surface area contributed by atoms with E-state index in [1.807, 2.05) is 12.1 Å². The highest BCUT2D eigenvalue weighted by Crippen LogP contribution is 2.20. The van der Waals surface area contributed by atoms with Gasteiger partial charge in [0, 0.05) is 6.20 Å². The molecule has 0 amide bonds. The molecular weight excluding hydrogens is 248 g/mol. The lowest BCUT2D eigenvalue weighted by Gasteiger charge is -2.06. The van der Waals surface area contributed by atoms with Crippen molar-refractivity contribution in [3.05, 3.63) is 47.9 Å². The number of hydrogen-bond acceptors (Lipinski definition) is 3. The largest absolute Gasteiger partial charge is 0.437 e. The van der Waals surface area contributed by atoms with E-state index in [0.717, 1.165) is 18.6 Å². The molecule has 2 aromatic rings. The fourth-order valence-electron chi connectivity index (χ4n) is 1.63. The van der Waals surface area contributed by atoms with E-state index in [-0.39, 0.29) is 0 Å². The van der Waals surface area contributed by atoms with Gasteiger partial charge in [-0.05, 0) is 24.1 Å². The summed E-state index contributed by atoms with van der Waals surface area (Å²) in [7, 11) is 0. The maximum absolute atomic E-state index is 5.70. The summed E-state index contributed by atoms with van der Waals surface area (Å²) in [6, 6.07) is 8.02. The molecule has 0 saturated heterocycles. The van der Waals surface area contributed by atoms with Gasteiger partial charge in [-0.25, -0.2) is 4.98 Å². The summed E-state index contributed by atoms with van der Waals surface area (Å²) < 4.78 is 5.62. The molecule has 0 unspecified atom stereocenters. The first-order valence-electron chi connectivity index (χ1n) is 5.95. The van der Waals surface area contributed by atoms with Crippen molar-refractivity contribution in [2.24, 2.45) is 0 Å². The summed E-state index contributed by atoms with van der Waals surface area (Å²) in [5.41, 5.74) is 2.02. The molecule has 1 aromatic heterocycles. The maximum Gasteiger partial charge on any atom is 0.238 e. The minimum Gasteiger partial charge on any atom is -0.437 e. The molecule has 0 radical (unpaired) electrons. The molecule has 1 aromatic carbocycles. The van der Waals surface area contributed by atoms with Crippen LogP contribution < -0.4 is 4.74 Å². The minimum absolute atomic E-state index is 0.333. The fraction of sp³-hybridized carbons (Fsp3) is 0.286. The molecule has 3 nitrogen and oxygen atoms in total. The summed E-state index contributed by atoms with van der Waals surface area (Å²) in [4.78, 5) is 8.26. The molecule has 0 N–H and O–H groups in total. The molecule has 94 valence electrons. The third-order valence-electron chi connectivity index (χ3n) is 2.48. The van der Waals surface area contributed by atoms with Crippen molar-refractivity contribution >= 4 is 11.6 Å². The van der Waals surface area contributed by atoms with Gasteiger partial charge in [0.15, 0.2) is 0 Å². The van der Waals surface area contributed by atoms with Gasteiger partial charge in [0.25, 0.3) is 0 Å². The van der Waals surface area contributed by atoms with Crippen molar-refractivity contribution in [1.29, 1.82) is 0 Å². The van der Waals surface area contributed by atoms with Crippen molar-refractivity contribution < 1.29 is 4.74 Å².